The van der Waals surface area contributed by atoms with Crippen molar-refractivity contribution in [2.75, 3.05) is 12.0 Å². The van der Waals surface area contributed by atoms with Crippen LogP contribution in [-0.2, 0) is 11.3 Å². The average Bonchev–Trinajstić information content (AvgIpc) is 2.63. The molecular weight excluding hydrogens is 228 g/mol. The number of nitrogens with zero attached hydrogens (tertiary/aromatic N) is 3. The number of carbonyl (C=O) groups is 1. The Morgan fingerprint density at radius 1 is 1.56 bits per heavy atom. The number of aromatic nitrogens is 2. The number of nitrogens with two attached hydrogens (primary N) is 2. The maximum atomic E-state index is 10.9. The molecule has 0 unspecified atom stereocenters. The minimum Gasteiger partial charge on any atom is -0.369 e. The summed E-state index contributed by atoms with van der Waals surface area (Å²) in [5, 5.41) is 9.11. The van der Waals surface area contributed by atoms with E-state index in [1.165, 1.54) is 11.3 Å². The van der Waals surface area contributed by atoms with Gasteiger partial charge in [-0.25, -0.2) is 5.84 Å². The zero-order chi connectivity index (χ0) is 12.1. The van der Waals surface area contributed by atoms with Crippen LogP contribution < -0.4 is 17.0 Å². The number of hydrogen-bond donors (Lipinski definition) is 3. The Kier molecular flexibility index (Phi) is 4.59. The summed E-state index contributed by atoms with van der Waals surface area (Å²) < 4.78 is 0. The fourth-order valence-electron chi connectivity index (χ4n) is 1.17. The van der Waals surface area contributed by atoms with Gasteiger partial charge in [0.2, 0.25) is 11.0 Å². The molecule has 0 aromatic carbocycles. The molecule has 1 aromatic heterocycles. The molecule has 8 heteroatoms. The van der Waals surface area contributed by atoms with Gasteiger partial charge in [0.25, 0.3) is 0 Å². The first-order valence-corrected chi connectivity index (χ1v) is 5.66. The van der Waals surface area contributed by atoms with Gasteiger partial charge < -0.3 is 5.73 Å². The second kappa shape index (κ2) is 5.73. The first kappa shape index (κ1) is 12.8. The largest absolute Gasteiger partial charge is 0.369 e. The van der Waals surface area contributed by atoms with Gasteiger partial charge in [-0.15, -0.1) is 10.2 Å². The van der Waals surface area contributed by atoms with E-state index < -0.39 is 0 Å². The third-order valence-corrected chi connectivity index (χ3v) is 2.86. The van der Waals surface area contributed by atoms with E-state index in [1.807, 2.05) is 18.7 Å². The lowest BCUT2D eigenvalue weighted by atomic mass is 10.3. The van der Waals surface area contributed by atoms with Crippen molar-refractivity contribution in [1.29, 1.82) is 0 Å². The van der Waals surface area contributed by atoms with Gasteiger partial charge in [0.15, 0.2) is 0 Å². The topological polar surface area (TPSA) is 110 Å². The minimum atomic E-state index is -0.351. The highest BCUT2D eigenvalue weighted by Crippen LogP contribution is 2.16. The van der Waals surface area contributed by atoms with Gasteiger partial charge in [-0.3, -0.25) is 15.1 Å². The van der Waals surface area contributed by atoms with Crippen molar-refractivity contribution in [3.63, 3.8) is 0 Å². The van der Waals surface area contributed by atoms with Gasteiger partial charge in [0, 0.05) is 6.04 Å². The van der Waals surface area contributed by atoms with Crippen LogP contribution in [-0.4, -0.2) is 33.6 Å². The van der Waals surface area contributed by atoms with Gasteiger partial charge in [0.1, 0.15) is 5.01 Å². The number of primary amides is 1. The number of nitrogens with one attached hydrogen (secondary N) is 1. The van der Waals surface area contributed by atoms with Crippen molar-refractivity contribution in [1.82, 2.24) is 15.1 Å². The number of carbonyl (C=O) groups excluding carboxylic acids is 1. The molecule has 0 aliphatic heterocycles. The number of hydrogen-bond acceptors (Lipinski definition) is 7. The molecule has 90 valence electrons. The molecule has 16 heavy (non-hydrogen) atoms. The minimum absolute atomic E-state index is 0.211. The number of hydrazine groups is 1. The van der Waals surface area contributed by atoms with Gasteiger partial charge in [0.05, 0.1) is 13.1 Å². The first-order valence-electron chi connectivity index (χ1n) is 4.84. The molecule has 1 aromatic rings. The summed E-state index contributed by atoms with van der Waals surface area (Å²) in [6.45, 7) is 4.74. The van der Waals surface area contributed by atoms with Crippen LogP contribution in [0.2, 0.25) is 0 Å². The van der Waals surface area contributed by atoms with Crippen molar-refractivity contribution in [3.8, 4) is 0 Å². The number of rotatable bonds is 6. The summed E-state index contributed by atoms with van der Waals surface area (Å²) in [6.07, 6.45) is 0. The summed E-state index contributed by atoms with van der Waals surface area (Å²) in [5.74, 6) is 4.85. The SMILES string of the molecule is CC(C)N(CC(N)=O)Cc1nnc(NN)s1. The lowest BCUT2D eigenvalue weighted by Gasteiger charge is -2.23. The highest BCUT2D eigenvalue weighted by molar-refractivity contribution is 7.15. The van der Waals surface area contributed by atoms with Crippen LogP contribution in [0, 0.1) is 0 Å². The average molecular weight is 244 g/mol. The maximum absolute atomic E-state index is 10.9. The van der Waals surface area contributed by atoms with Gasteiger partial charge in [-0.1, -0.05) is 11.3 Å². The molecule has 0 saturated heterocycles. The monoisotopic (exact) mass is 244 g/mol. The second-order valence-electron chi connectivity index (χ2n) is 3.61. The summed E-state index contributed by atoms with van der Waals surface area (Å²) in [6, 6.07) is 0.214. The van der Waals surface area contributed by atoms with Crippen LogP contribution in [0.15, 0.2) is 0 Å². The summed E-state index contributed by atoms with van der Waals surface area (Å²) in [4.78, 5) is 12.8. The predicted molar refractivity (Wildman–Crippen MR) is 62.5 cm³/mol. The lowest BCUT2D eigenvalue weighted by Crippen LogP contribution is -2.37. The zero-order valence-electron chi connectivity index (χ0n) is 9.30. The molecule has 0 aliphatic carbocycles. The zero-order valence-corrected chi connectivity index (χ0v) is 10.1. The highest BCUT2D eigenvalue weighted by Gasteiger charge is 2.15. The summed E-state index contributed by atoms with van der Waals surface area (Å²) in [7, 11) is 0. The molecular formula is C8H16N6OS. The normalized spacial score (nSPS) is 11.1. The second-order valence-corrected chi connectivity index (χ2v) is 4.67. The molecule has 0 bridgehead atoms. The molecule has 1 heterocycles. The Bertz CT molecular complexity index is 352. The molecule has 0 saturated carbocycles. The Labute approximate surface area is 97.8 Å². The Balaban J connectivity index is 2.63. The van der Waals surface area contributed by atoms with Crippen LogP contribution in [0.1, 0.15) is 18.9 Å². The van der Waals surface area contributed by atoms with Gasteiger partial charge in [-0.05, 0) is 13.8 Å². The van der Waals surface area contributed by atoms with E-state index in [9.17, 15) is 4.79 Å². The van der Waals surface area contributed by atoms with Crippen LogP contribution in [0.4, 0.5) is 5.13 Å². The Hall–Kier alpha value is -1.25. The van der Waals surface area contributed by atoms with Crippen molar-refractivity contribution < 1.29 is 4.79 Å². The maximum Gasteiger partial charge on any atom is 0.231 e. The van der Waals surface area contributed by atoms with E-state index in [1.54, 1.807) is 0 Å². The highest BCUT2D eigenvalue weighted by atomic mass is 32.1. The van der Waals surface area contributed by atoms with Gasteiger partial charge >= 0.3 is 0 Å². The summed E-state index contributed by atoms with van der Waals surface area (Å²) in [5.41, 5.74) is 7.60. The van der Waals surface area contributed by atoms with Crippen LogP contribution >= 0.6 is 11.3 Å². The Morgan fingerprint density at radius 3 is 2.69 bits per heavy atom. The molecule has 0 aliphatic rings. The smallest absolute Gasteiger partial charge is 0.231 e. The molecule has 0 radical (unpaired) electrons. The van der Waals surface area contributed by atoms with Crippen LogP contribution in [0.5, 0.6) is 0 Å². The van der Waals surface area contributed by atoms with E-state index in [-0.39, 0.29) is 18.5 Å². The van der Waals surface area contributed by atoms with E-state index in [0.717, 1.165) is 5.01 Å². The van der Waals surface area contributed by atoms with E-state index in [4.69, 9.17) is 11.6 Å². The first-order chi connectivity index (χ1) is 7.52. The van der Waals surface area contributed by atoms with Crippen molar-refractivity contribution in [2.24, 2.45) is 11.6 Å². The molecule has 7 nitrogen and oxygen atoms in total. The predicted octanol–water partition coefficient (Wildman–Crippen LogP) is -0.481. The van der Waals surface area contributed by atoms with E-state index >= 15 is 0 Å². The lowest BCUT2D eigenvalue weighted by molar-refractivity contribution is -0.119. The van der Waals surface area contributed by atoms with Crippen molar-refractivity contribution in [3.05, 3.63) is 5.01 Å². The molecule has 1 rings (SSSR count). The fourth-order valence-corrected chi connectivity index (χ4v) is 1.85. The summed E-state index contributed by atoms with van der Waals surface area (Å²) >= 11 is 1.35. The van der Waals surface area contributed by atoms with Gasteiger partial charge in [-0.2, -0.15) is 0 Å². The van der Waals surface area contributed by atoms with Crippen molar-refractivity contribution in [2.45, 2.75) is 26.4 Å². The standard InChI is InChI=1S/C8H16N6OS/c1-5(2)14(3-6(9)15)4-7-12-13-8(11-10)16-7/h5H,3-4,10H2,1-2H3,(H2,9,15)(H,11,13). The quantitative estimate of drug-likeness (QED) is 0.460. The van der Waals surface area contributed by atoms with E-state index in [2.05, 4.69) is 15.6 Å². The number of nitrogen functional groups attached to an aromatic ring is 1. The fraction of sp³-hybridized carbons (Fsp3) is 0.625. The van der Waals surface area contributed by atoms with Crippen LogP contribution in [0.25, 0.3) is 0 Å². The van der Waals surface area contributed by atoms with Crippen molar-refractivity contribution >= 4 is 22.4 Å². The molecule has 0 spiro atoms. The molecule has 0 fully saturated rings. The molecule has 5 N–H and O–H groups in total. The molecule has 1 amide bonds. The molecule has 0 atom stereocenters. The number of amides is 1. The van der Waals surface area contributed by atoms with E-state index in [0.29, 0.717) is 11.7 Å². The number of anilines is 1. The third kappa shape index (κ3) is 3.72. The third-order valence-electron chi connectivity index (χ3n) is 2.02. The Morgan fingerprint density at radius 2 is 2.25 bits per heavy atom. The van der Waals surface area contributed by atoms with Crippen LogP contribution in [0.3, 0.4) is 0 Å².